The molecule has 5 heteroatoms. The molecule has 2 rings (SSSR count). The van der Waals surface area contributed by atoms with Crippen molar-refractivity contribution in [1.82, 2.24) is 0 Å². The van der Waals surface area contributed by atoms with Crippen molar-refractivity contribution in [1.29, 1.82) is 0 Å². The lowest BCUT2D eigenvalue weighted by Gasteiger charge is -2.11. The van der Waals surface area contributed by atoms with E-state index in [9.17, 15) is 14.3 Å². The monoisotopic (exact) mass is 275 g/mol. The van der Waals surface area contributed by atoms with E-state index < -0.39 is 11.7 Å². The van der Waals surface area contributed by atoms with Crippen LogP contribution in [0, 0.1) is 5.82 Å². The van der Waals surface area contributed by atoms with E-state index in [2.05, 4.69) is 5.32 Å². The highest BCUT2D eigenvalue weighted by Crippen LogP contribution is 2.23. The first-order chi connectivity index (χ1) is 9.65. The Morgan fingerprint density at radius 1 is 1.30 bits per heavy atom. The van der Waals surface area contributed by atoms with Crippen LogP contribution >= 0.6 is 0 Å². The fraction of sp³-hybridized carbons (Fsp3) is 0.133. The van der Waals surface area contributed by atoms with Crippen molar-refractivity contribution in [2.75, 3.05) is 12.4 Å². The van der Waals surface area contributed by atoms with Crippen molar-refractivity contribution in [3.8, 4) is 5.75 Å². The fourth-order valence-corrected chi connectivity index (χ4v) is 1.77. The molecule has 4 nitrogen and oxygen atoms in total. The summed E-state index contributed by atoms with van der Waals surface area (Å²) in [6.07, 6.45) is 0. The van der Waals surface area contributed by atoms with Gasteiger partial charge in [0.25, 0.3) is 5.91 Å². The van der Waals surface area contributed by atoms with Crippen LogP contribution in [0.3, 0.4) is 0 Å². The summed E-state index contributed by atoms with van der Waals surface area (Å²) in [5, 5.41) is 11.8. The number of hydrogen-bond acceptors (Lipinski definition) is 3. The molecular formula is C15H14FNO3. The molecule has 1 amide bonds. The second-order valence-electron chi connectivity index (χ2n) is 4.12. The van der Waals surface area contributed by atoms with E-state index >= 15 is 0 Å². The zero-order valence-corrected chi connectivity index (χ0v) is 10.9. The molecule has 2 N–H and O–H groups in total. The smallest absolute Gasteiger partial charge is 0.258 e. The van der Waals surface area contributed by atoms with Gasteiger partial charge in [0.05, 0.1) is 25.0 Å². The molecule has 0 bridgehead atoms. The van der Waals surface area contributed by atoms with Gasteiger partial charge in [-0.2, -0.15) is 0 Å². The molecule has 104 valence electrons. The lowest BCUT2D eigenvalue weighted by molar-refractivity contribution is 0.102. The normalized spacial score (nSPS) is 10.2. The molecule has 2 aromatic rings. The van der Waals surface area contributed by atoms with Gasteiger partial charge < -0.3 is 15.2 Å². The van der Waals surface area contributed by atoms with Crippen LogP contribution in [0.5, 0.6) is 5.75 Å². The minimum absolute atomic E-state index is 0.0563. The average Bonchev–Trinajstić information content (AvgIpc) is 2.47. The summed E-state index contributed by atoms with van der Waals surface area (Å²) >= 11 is 0. The fourth-order valence-electron chi connectivity index (χ4n) is 1.77. The predicted octanol–water partition coefficient (Wildman–Crippen LogP) is 2.58. The standard InChI is InChI=1S/C15H14FNO3/c1-20-11-7-6-10(9-18)14(8-11)17-15(19)12-4-2-3-5-13(12)16/h2-8,18H,9H2,1H3,(H,17,19). The first kappa shape index (κ1) is 14.0. The van der Waals surface area contributed by atoms with Gasteiger partial charge in [-0.1, -0.05) is 18.2 Å². The quantitative estimate of drug-likeness (QED) is 0.901. The van der Waals surface area contributed by atoms with Crippen molar-refractivity contribution in [3.05, 3.63) is 59.4 Å². The summed E-state index contributed by atoms with van der Waals surface area (Å²) in [6, 6.07) is 10.6. The van der Waals surface area contributed by atoms with Crippen LogP contribution in [0.2, 0.25) is 0 Å². The molecule has 0 radical (unpaired) electrons. The molecule has 0 aliphatic heterocycles. The Kier molecular flexibility index (Phi) is 4.32. The number of carbonyl (C=O) groups excluding carboxylic acids is 1. The molecule has 0 heterocycles. The maximum absolute atomic E-state index is 13.5. The molecule has 0 aliphatic rings. The Morgan fingerprint density at radius 3 is 2.70 bits per heavy atom. The van der Waals surface area contributed by atoms with Gasteiger partial charge in [0, 0.05) is 11.6 Å². The number of ether oxygens (including phenoxy) is 1. The van der Waals surface area contributed by atoms with Crippen LogP contribution in [0.15, 0.2) is 42.5 Å². The number of rotatable bonds is 4. The SMILES string of the molecule is COc1ccc(CO)c(NC(=O)c2ccccc2F)c1. The molecule has 0 saturated heterocycles. The molecule has 0 saturated carbocycles. The van der Waals surface area contributed by atoms with Gasteiger partial charge in [0.15, 0.2) is 0 Å². The molecule has 0 spiro atoms. The van der Waals surface area contributed by atoms with Gasteiger partial charge in [0.2, 0.25) is 0 Å². The first-order valence-corrected chi connectivity index (χ1v) is 5.99. The summed E-state index contributed by atoms with van der Waals surface area (Å²) in [5.41, 5.74) is 0.856. The Bertz CT molecular complexity index is 628. The van der Waals surface area contributed by atoms with Gasteiger partial charge >= 0.3 is 0 Å². The summed E-state index contributed by atoms with van der Waals surface area (Å²) in [7, 11) is 1.50. The van der Waals surface area contributed by atoms with Gasteiger partial charge in [-0.15, -0.1) is 0 Å². The number of methoxy groups -OCH3 is 1. The maximum atomic E-state index is 13.5. The molecular weight excluding hydrogens is 261 g/mol. The van der Waals surface area contributed by atoms with E-state index in [1.165, 1.54) is 25.3 Å². The number of carbonyl (C=O) groups is 1. The third kappa shape index (κ3) is 2.95. The average molecular weight is 275 g/mol. The van der Waals surface area contributed by atoms with E-state index in [1.807, 2.05) is 0 Å². The zero-order valence-electron chi connectivity index (χ0n) is 10.9. The van der Waals surface area contributed by atoms with E-state index in [0.717, 1.165) is 0 Å². The molecule has 20 heavy (non-hydrogen) atoms. The number of halogens is 1. The van der Waals surface area contributed by atoms with Gasteiger partial charge in [-0.25, -0.2) is 4.39 Å². The molecule has 0 atom stereocenters. The lowest BCUT2D eigenvalue weighted by atomic mass is 10.1. The minimum Gasteiger partial charge on any atom is -0.497 e. The molecule has 0 fully saturated rings. The second kappa shape index (κ2) is 6.16. The second-order valence-corrected chi connectivity index (χ2v) is 4.12. The van der Waals surface area contributed by atoms with Crippen molar-refractivity contribution in [2.24, 2.45) is 0 Å². The third-order valence-corrected chi connectivity index (χ3v) is 2.85. The summed E-state index contributed by atoms with van der Waals surface area (Å²) in [5.74, 6) is -0.643. The van der Waals surface area contributed by atoms with Crippen LogP contribution < -0.4 is 10.1 Å². The first-order valence-electron chi connectivity index (χ1n) is 5.99. The van der Waals surface area contributed by atoms with Crippen molar-refractivity contribution in [3.63, 3.8) is 0 Å². The zero-order chi connectivity index (χ0) is 14.5. The van der Waals surface area contributed by atoms with E-state index in [1.54, 1.807) is 24.3 Å². The number of aliphatic hydroxyl groups is 1. The van der Waals surface area contributed by atoms with Crippen LogP contribution in [-0.2, 0) is 6.61 Å². The van der Waals surface area contributed by atoms with Gasteiger partial charge in [-0.3, -0.25) is 4.79 Å². The van der Waals surface area contributed by atoms with Crippen LogP contribution in [-0.4, -0.2) is 18.1 Å². The Hall–Kier alpha value is -2.40. The van der Waals surface area contributed by atoms with Crippen molar-refractivity contribution in [2.45, 2.75) is 6.61 Å². The number of anilines is 1. The molecule has 0 aliphatic carbocycles. The topological polar surface area (TPSA) is 58.6 Å². The number of benzene rings is 2. The van der Waals surface area contributed by atoms with Crippen molar-refractivity contribution < 1.29 is 19.0 Å². The molecule has 2 aromatic carbocycles. The number of hydrogen-bond donors (Lipinski definition) is 2. The largest absolute Gasteiger partial charge is 0.497 e. The lowest BCUT2D eigenvalue weighted by Crippen LogP contribution is -2.15. The van der Waals surface area contributed by atoms with Gasteiger partial charge in [-0.05, 0) is 18.2 Å². The maximum Gasteiger partial charge on any atom is 0.258 e. The van der Waals surface area contributed by atoms with Gasteiger partial charge in [0.1, 0.15) is 11.6 Å². The molecule has 0 unspecified atom stereocenters. The summed E-state index contributed by atoms with van der Waals surface area (Å²) < 4.78 is 18.6. The Morgan fingerprint density at radius 2 is 2.05 bits per heavy atom. The van der Waals surface area contributed by atoms with Crippen LogP contribution in [0.1, 0.15) is 15.9 Å². The third-order valence-electron chi connectivity index (χ3n) is 2.85. The van der Waals surface area contributed by atoms with E-state index in [-0.39, 0.29) is 12.2 Å². The Balaban J connectivity index is 2.29. The molecule has 0 aromatic heterocycles. The highest BCUT2D eigenvalue weighted by molar-refractivity contribution is 6.04. The number of nitrogens with one attached hydrogen (secondary N) is 1. The van der Waals surface area contributed by atoms with Crippen LogP contribution in [0.4, 0.5) is 10.1 Å². The van der Waals surface area contributed by atoms with Crippen LogP contribution in [0.25, 0.3) is 0 Å². The van der Waals surface area contributed by atoms with Crippen molar-refractivity contribution >= 4 is 11.6 Å². The highest BCUT2D eigenvalue weighted by Gasteiger charge is 2.13. The summed E-state index contributed by atoms with van der Waals surface area (Å²) in [4.78, 5) is 12.0. The minimum atomic E-state index is -0.599. The Labute approximate surface area is 115 Å². The number of amides is 1. The summed E-state index contributed by atoms with van der Waals surface area (Å²) in [6.45, 7) is -0.239. The highest BCUT2D eigenvalue weighted by atomic mass is 19.1. The van der Waals surface area contributed by atoms with E-state index in [0.29, 0.717) is 17.0 Å². The van der Waals surface area contributed by atoms with E-state index in [4.69, 9.17) is 4.74 Å². The number of aliphatic hydroxyl groups excluding tert-OH is 1. The predicted molar refractivity (Wildman–Crippen MR) is 73.3 cm³/mol.